The summed E-state index contributed by atoms with van der Waals surface area (Å²) in [5.74, 6) is -2.76. The number of aliphatic hydroxyl groups excluding tert-OH is 1. The van der Waals surface area contributed by atoms with Gasteiger partial charge in [-0.1, -0.05) is 19.3 Å². The maximum absolute atomic E-state index is 10.6. The van der Waals surface area contributed by atoms with E-state index in [1.807, 2.05) is 0 Å². The summed E-state index contributed by atoms with van der Waals surface area (Å²) in [5, 5.41) is 16.0. The number of alkyl halides is 3. The Balaban J connectivity index is 0.000000241. The van der Waals surface area contributed by atoms with E-state index in [1.54, 1.807) is 0 Å². The third kappa shape index (κ3) is 6.71. The smallest absolute Gasteiger partial charge is 0.475 e. The van der Waals surface area contributed by atoms with Gasteiger partial charge in [0, 0.05) is 0 Å². The lowest BCUT2D eigenvalue weighted by Crippen LogP contribution is -2.21. The van der Waals surface area contributed by atoms with Gasteiger partial charge in [-0.2, -0.15) is 13.2 Å². The van der Waals surface area contributed by atoms with Crippen LogP contribution in [0.15, 0.2) is 0 Å². The number of rotatable bonds is 0. The summed E-state index contributed by atoms with van der Waals surface area (Å²) in [6, 6.07) is 0. The highest BCUT2D eigenvalue weighted by atomic mass is 19.4. The number of carboxylic acid groups (broad SMARTS) is 1. The molecule has 0 spiro atoms. The van der Waals surface area contributed by atoms with E-state index in [4.69, 9.17) is 15.0 Å². The first-order chi connectivity index (χ1) is 6.34. The molecule has 0 unspecified atom stereocenters. The Labute approximate surface area is 79.5 Å². The average Bonchev–Trinajstić information content (AvgIpc) is 2.04. The van der Waals surface area contributed by atoms with E-state index in [0.717, 1.165) is 12.8 Å². The summed E-state index contributed by atoms with van der Waals surface area (Å²) < 4.78 is 31.7. The molecule has 0 bridgehead atoms. The Bertz CT molecular complexity index is 173. The SMILES string of the molecule is O=C(O)C(F)(F)F.OC1CCCCC1. The molecule has 0 aromatic heterocycles. The van der Waals surface area contributed by atoms with E-state index in [2.05, 4.69) is 0 Å². The maximum Gasteiger partial charge on any atom is 0.490 e. The molecule has 1 rings (SSSR count). The van der Waals surface area contributed by atoms with Gasteiger partial charge in [0.05, 0.1) is 6.10 Å². The molecule has 6 heteroatoms. The van der Waals surface area contributed by atoms with E-state index in [0.29, 0.717) is 0 Å². The van der Waals surface area contributed by atoms with Crippen LogP contribution in [0.25, 0.3) is 0 Å². The second-order valence-corrected chi connectivity index (χ2v) is 3.09. The van der Waals surface area contributed by atoms with Gasteiger partial charge >= 0.3 is 12.1 Å². The number of carboxylic acids is 1. The monoisotopic (exact) mass is 214 g/mol. The van der Waals surface area contributed by atoms with Crippen molar-refractivity contribution in [2.45, 2.75) is 44.4 Å². The predicted octanol–water partition coefficient (Wildman–Crippen LogP) is 1.94. The van der Waals surface area contributed by atoms with Gasteiger partial charge in [-0.05, 0) is 12.8 Å². The van der Waals surface area contributed by atoms with Crippen LogP contribution in [-0.2, 0) is 4.79 Å². The molecular weight excluding hydrogens is 201 g/mol. The second kappa shape index (κ2) is 5.85. The molecule has 0 amide bonds. The molecule has 0 radical (unpaired) electrons. The van der Waals surface area contributed by atoms with E-state index < -0.39 is 12.1 Å². The van der Waals surface area contributed by atoms with Crippen LogP contribution < -0.4 is 0 Å². The molecule has 1 aliphatic rings. The van der Waals surface area contributed by atoms with Crippen molar-refractivity contribution in [3.8, 4) is 0 Å². The summed E-state index contributed by atoms with van der Waals surface area (Å²) >= 11 is 0. The molecule has 1 aliphatic carbocycles. The number of aliphatic carboxylic acids is 1. The first-order valence-electron chi connectivity index (χ1n) is 4.32. The zero-order chi connectivity index (χ0) is 11.2. The van der Waals surface area contributed by atoms with Crippen molar-refractivity contribution in [1.29, 1.82) is 0 Å². The molecule has 0 aromatic carbocycles. The van der Waals surface area contributed by atoms with Crippen LogP contribution >= 0.6 is 0 Å². The van der Waals surface area contributed by atoms with Crippen molar-refractivity contribution in [2.75, 3.05) is 0 Å². The van der Waals surface area contributed by atoms with E-state index in [1.165, 1.54) is 19.3 Å². The number of halogens is 3. The van der Waals surface area contributed by atoms with Crippen molar-refractivity contribution in [1.82, 2.24) is 0 Å². The van der Waals surface area contributed by atoms with E-state index in [9.17, 15) is 13.2 Å². The number of carbonyl (C=O) groups is 1. The minimum absolute atomic E-state index is 0.0359. The highest BCUT2D eigenvalue weighted by molar-refractivity contribution is 5.73. The van der Waals surface area contributed by atoms with Crippen LogP contribution in [0, 0.1) is 0 Å². The zero-order valence-corrected chi connectivity index (χ0v) is 7.55. The Morgan fingerprint density at radius 2 is 1.50 bits per heavy atom. The summed E-state index contributed by atoms with van der Waals surface area (Å²) in [5.41, 5.74) is 0. The highest BCUT2D eigenvalue weighted by Crippen LogP contribution is 2.16. The topological polar surface area (TPSA) is 57.5 Å². The Kier molecular flexibility index (Phi) is 5.52. The first kappa shape index (κ1) is 13.2. The first-order valence-corrected chi connectivity index (χ1v) is 4.32. The Morgan fingerprint density at radius 1 is 1.14 bits per heavy atom. The zero-order valence-electron chi connectivity index (χ0n) is 7.55. The van der Waals surface area contributed by atoms with Crippen molar-refractivity contribution in [2.24, 2.45) is 0 Å². The van der Waals surface area contributed by atoms with Gasteiger partial charge in [-0.3, -0.25) is 0 Å². The summed E-state index contributed by atoms with van der Waals surface area (Å²) in [4.78, 5) is 8.90. The lowest BCUT2D eigenvalue weighted by molar-refractivity contribution is -0.192. The fourth-order valence-corrected chi connectivity index (χ4v) is 1.08. The van der Waals surface area contributed by atoms with E-state index in [-0.39, 0.29) is 6.10 Å². The molecule has 84 valence electrons. The minimum Gasteiger partial charge on any atom is -0.475 e. The summed E-state index contributed by atoms with van der Waals surface area (Å²) in [6.45, 7) is 0. The van der Waals surface area contributed by atoms with Gasteiger partial charge in [0.1, 0.15) is 0 Å². The van der Waals surface area contributed by atoms with Crippen LogP contribution in [0.5, 0.6) is 0 Å². The maximum atomic E-state index is 10.6. The molecule has 0 aliphatic heterocycles. The summed E-state index contributed by atoms with van der Waals surface area (Å²) in [6.07, 6.45) is 0.841. The molecule has 2 N–H and O–H groups in total. The highest BCUT2D eigenvalue weighted by Gasteiger charge is 2.38. The standard InChI is InChI=1S/C6H12O.C2HF3O2/c7-6-4-2-1-3-5-6;3-2(4,5)1(6)7/h6-7H,1-5H2;(H,6,7). The number of aliphatic hydroxyl groups is 1. The second-order valence-electron chi connectivity index (χ2n) is 3.09. The normalized spacial score (nSPS) is 18.3. The van der Waals surface area contributed by atoms with Crippen molar-refractivity contribution in [3.63, 3.8) is 0 Å². The molecule has 1 fully saturated rings. The van der Waals surface area contributed by atoms with Gasteiger partial charge in [0.15, 0.2) is 0 Å². The molecule has 0 atom stereocenters. The molecule has 3 nitrogen and oxygen atoms in total. The molecule has 1 saturated carbocycles. The van der Waals surface area contributed by atoms with Crippen LogP contribution in [0.4, 0.5) is 13.2 Å². The number of hydrogen-bond acceptors (Lipinski definition) is 2. The lowest BCUT2D eigenvalue weighted by Gasteiger charge is -2.14. The Morgan fingerprint density at radius 3 is 1.64 bits per heavy atom. The van der Waals surface area contributed by atoms with Crippen molar-refractivity contribution in [3.05, 3.63) is 0 Å². The molecule has 0 aromatic rings. The van der Waals surface area contributed by atoms with Crippen LogP contribution in [0.1, 0.15) is 32.1 Å². The van der Waals surface area contributed by atoms with Crippen molar-refractivity contribution >= 4 is 5.97 Å². The van der Waals surface area contributed by atoms with Crippen molar-refractivity contribution < 1.29 is 28.2 Å². The van der Waals surface area contributed by atoms with Gasteiger partial charge in [0.25, 0.3) is 0 Å². The summed E-state index contributed by atoms with van der Waals surface area (Å²) in [7, 11) is 0. The third-order valence-corrected chi connectivity index (χ3v) is 1.82. The van der Waals surface area contributed by atoms with Gasteiger partial charge in [-0.25, -0.2) is 4.79 Å². The predicted molar refractivity (Wildman–Crippen MR) is 42.8 cm³/mol. The quantitative estimate of drug-likeness (QED) is 0.647. The van der Waals surface area contributed by atoms with Crippen LogP contribution in [0.3, 0.4) is 0 Å². The van der Waals surface area contributed by atoms with Crippen LogP contribution in [0.2, 0.25) is 0 Å². The van der Waals surface area contributed by atoms with Crippen LogP contribution in [-0.4, -0.2) is 28.5 Å². The molecule has 0 saturated heterocycles. The molecular formula is C8H13F3O3. The Hall–Kier alpha value is -0.780. The fraction of sp³-hybridized carbons (Fsp3) is 0.875. The van der Waals surface area contributed by atoms with E-state index >= 15 is 0 Å². The average molecular weight is 214 g/mol. The van der Waals surface area contributed by atoms with Gasteiger partial charge in [-0.15, -0.1) is 0 Å². The largest absolute Gasteiger partial charge is 0.490 e. The molecule has 14 heavy (non-hydrogen) atoms. The molecule has 0 heterocycles. The fourth-order valence-electron chi connectivity index (χ4n) is 1.08. The lowest BCUT2D eigenvalue weighted by atomic mass is 9.98. The van der Waals surface area contributed by atoms with Gasteiger partial charge in [0.2, 0.25) is 0 Å². The number of hydrogen-bond donors (Lipinski definition) is 2. The minimum atomic E-state index is -5.08. The van der Waals surface area contributed by atoms with Gasteiger partial charge < -0.3 is 10.2 Å². The third-order valence-electron chi connectivity index (χ3n) is 1.82.